The summed E-state index contributed by atoms with van der Waals surface area (Å²) in [5.74, 6) is -1.54. The zero-order chi connectivity index (χ0) is 17.8. The largest absolute Gasteiger partial charge is 0.346 e. The van der Waals surface area contributed by atoms with Crippen LogP contribution in [0.4, 0.5) is 0 Å². The van der Waals surface area contributed by atoms with Gasteiger partial charge in [-0.05, 0) is 24.3 Å². The molecule has 5 rings (SSSR count). The lowest BCUT2D eigenvalue weighted by Gasteiger charge is -2.03. The molecule has 0 spiro atoms. The van der Waals surface area contributed by atoms with Gasteiger partial charge >= 0.3 is 0 Å². The molecule has 5 heterocycles. The van der Waals surface area contributed by atoms with E-state index in [2.05, 4.69) is 19.9 Å². The van der Waals surface area contributed by atoms with Crippen LogP contribution in [0, 0.1) is 0 Å². The van der Waals surface area contributed by atoms with Gasteiger partial charge in [-0.25, -0.2) is 9.97 Å². The zero-order valence-corrected chi connectivity index (χ0v) is 13.2. The number of carbonyl (C=O) groups is 2. The summed E-state index contributed by atoms with van der Waals surface area (Å²) in [6.07, 6.45) is 6.49. The molecule has 0 fully saturated rings. The van der Waals surface area contributed by atoms with E-state index in [9.17, 15) is 14.8 Å². The zero-order valence-electron chi connectivity index (χ0n) is 13.2. The van der Waals surface area contributed by atoms with Crippen molar-refractivity contribution < 1.29 is 14.8 Å². The molecule has 26 heavy (non-hydrogen) atoms. The third-order valence-electron chi connectivity index (χ3n) is 4.50. The van der Waals surface area contributed by atoms with Gasteiger partial charge in [-0.3, -0.25) is 14.8 Å². The Labute approximate surface area is 145 Å². The molecule has 8 heteroatoms. The molecule has 0 saturated heterocycles. The number of rotatable bonds is 2. The van der Waals surface area contributed by atoms with Crippen molar-refractivity contribution in [1.82, 2.24) is 25.0 Å². The Bertz CT molecular complexity index is 1150. The number of amides is 2. The maximum Gasteiger partial charge on any atom is 0.286 e. The van der Waals surface area contributed by atoms with Crippen molar-refractivity contribution in [2.45, 2.75) is 0 Å². The van der Waals surface area contributed by atoms with Gasteiger partial charge in [0.15, 0.2) is 0 Å². The quantitative estimate of drug-likeness (QED) is 0.380. The van der Waals surface area contributed by atoms with E-state index in [1.165, 1.54) is 0 Å². The minimum absolute atomic E-state index is 0.126. The minimum atomic E-state index is -0.770. The lowest BCUT2D eigenvalue weighted by Crippen LogP contribution is -2.27. The van der Waals surface area contributed by atoms with Crippen molar-refractivity contribution in [3.8, 4) is 0 Å². The fourth-order valence-corrected chi connectivity index (χ4v) is 3.34. The highest BCUT2D eigenvalue weighted by atomic mass is 16.5. The number of hydrogen-bond donors (Lipinski definition) is 3. The first kappa shape index (κ1) is 14.6. The predicted molar refractivity (Wildman–Crippen MR) is 92.6 cm³/mol. The van der Waals surface area contributed by atoms with Gasteiger partial charge in [0.05, 0.1) is 11.1 Å². The molecule has 0 aliphatic carbocycles. The number of hydroxylamine groups is 2. The van der Waals surface area contributed by atoms with Gasteiger partial charge in [-0.2, -0.15) is 0 Å². The molecule has 8 nitrogen and oxygen atoms in total. The SMILES string of the molecule is O=C1C(c2c[nH]c3ncccc23)=C(c2c[nH]c3ncccc23)C(=O)N1O. The molecule has 2 amide bonds. The molecule has 0 unspecified atom stereocenters. The highest BCUT2D eigenvalue weighted by Crippen LogP contribution is 2.39. The number of aromatic amines is 2. The van der Waals surface area contributed by atoms with Crippen LogP contribution in [-0.4, -0.2) is 42.0 Å². The van der Waals surface area contributed by atoms with Crippen LogP contribution in [0.1, 0.15) is 11.1 Å². The summed E-state index contributed by atoms with van der Waals surface area (Å²) in [7, 11) is 0. The molecule has 4 aromatic heterocycles. The first-order chi connectivity index (χ1) is 12.7. The summed E-state index contributed by atoms with van der Waals surface area (Å²) in [5, 5.41) is 11.5. The Kier molecular flexibility index (Phi) is 2.86. The highest BCUT2D eigenvalue weighted by Gasteiger charge is 2.41. The van der Waals surface area contributed by atoms with E-state index >= 15 is 0 Å². The van der Waals surface area contributed by atoms with Crippen molar-refractivity contribution in [2.75, 3.05) is 0 Å². The molecule has 0 radical (unpaired) electrons. The van der Waals surface area contributed by atoms with E-state index in [0.29, 0.717) is 33.2 Å². The summed E-state index contributed by atoms with van der Waals surface area (Å²) in [5.41, 5.74) is 2.45. The van der Waals surface area contributed by atoms with E-state index in [-0.39, 0.29) is 16.2 Å². The number of H-pyrrole nitrogens is 2. The third-order valence-corrected chi connectivity index (χ3v) is 4.50. The van der Waals surface area contributed by atoms with Gasteiger partial charge in [0, 0.05) is 46.7 Å². The molecule has 1 aliphatic heterocycles. The number of carbonyl (C=O) groups excluding carboxylic acids is 2. The molecule has 4 aromatic rings. The maximum absolute atomic E-state index is 12.6. The molecule has 3 N–H and O–H groups in total. The van der Waals surface area contributed by atoms with Crippen LogP contribution in [0.3, 0.4) is 0 Å². The number of imide groups is 1. The summed E-state index contributed by atoms with van der Waals surface area (Å²) in [6.45, 7) is 0. The second-order valence-corrected chi connectivity index (χ2v) is 5.88. The molecule has 126 valence electrons. The van der Waals surface area contributed by atoms with Gasteiger partial charge in [0.1, 0.15) is 11.3 Å². The smallest absolute Gasteiger partial charge is 0.286 e. The third kappa shape index (κ3) is 1.81. The first-order valence-electron chi connectivity index (χ1n) is 7.83. The summed E-state index contributed by atoms with van der Waals surface area (Å²) >= 11 is 0. The summed E-state index contributed by atoms with van der Waals surface area (Å²) in [4.78, 5) is 39.7. The lowest BCUT2D eigenvalue weighted by atomic mass is 9.96. The van der Waals surface area contributed by atoms with E-state index in [1.807, 2.05) is 0 Å². The molecule has 0 atom stereocenters. The number of fused-ring (bicyclic) bond motifs is 2. The average Bonchev–Trinajstić information content (AvgIpc) is 3.33. The van der Waals surface area contributed by atoms with Gasteiger partial charge < -0.3 is 9.97 Å². The second kappa shape index (κ2) is 5.11. The lowest BCUT2D eigenvalue weighted by molar-refractivity contribution is -0.168. The van der Waals surface area contributed by atoms with Gasteiger partial charge in [-0.15, -0.1) is 5.06 Å². The van der Waals surface area contributed by atoms with Crippen LogP contribution in [-0.2, 0) is 9.59 Å². The van der Waals surface area contributed by atoms with Gasteiger partial charge in [0.25, 0.3) is 11.8 Å². The van der Waals surface area contributed by atoms with E-state index in [0.717, 1.165) is 0 Å². The molecule has 0 bridgehead atoms. The van der Waals surface area contributed by atoms with Crippen LogP contribution in [0.15, 0.2) is 49.1 Å². The fraction of sp³-hybridized carbons (Fsp3) is 0. The summed E-state index contributed by atoms with van der Waals surface area (Å²) in [6, 6.07) is 7.09. The van der Waals surface area contributed by atoms with Crippen molar-refractivity contribution in [3.63, 3.8) is 0 Å². The average molecular weight is 345 g/mol. The molecular weight excluding hydrogens is 334 g/mol. The number of nitrogens with one attached hydrogen (secondary N) is 2. The number of nitrogens with zero attached hydrogens (tertiary/aromatic N) is 3. The van der Waals surface area contributed by atoms with Crippen LogP contribution in [0.2, 0.25) is 0 Å². The van der Waals surface area contributed by atoms with E-state index < -0.39 is 11.8 Å². The van der Waals surface area contributed by atoms with E-state index in [1.54, 1.807) is 49.1 Å². The predicted octanol–water partition coefficient (Wildman–Crippen LogP) is 2.11. The van der Waals surface area contributed by atoms with Crippen molar-refractivity contribution in [2.24, 2.45) is 0 Å². The van der Waals surface area contributed by atoms with Gasteiger partial charge in [0.2, 0.25) is 0 Å². The first-order valence-corrected chi connectivity index (χ1v) is 7.83. The Morgan fingerprint density at radius 3 is 1.73 bits per heavy atom. The molecular formula is C18H11N5O3. The normalized spacial score (nSPS) is 15.0. The highest BCUT2D eigenvalue weighted by molar-refractivity contribution is 6.50. The minimum Gasteiger partial charge on any atom is -0.346 e. The second-order valence-electron chi connectivity index (χ2n) is 5.88. The molecule has 1 aliphatic rings. The number of pyridine rings is 2. The molecule has 0 saturated carbocycles. The van der Waals surface area contributed by atoms with Gasteiger partial charge in [-0.1, -0.05) is 0 Å². The van der Waals surface area contributed by atoms with Crippen molar-refractivity contribution >= 4 is 45.0 Å². The number of hydrogen-bond acceptors (Lipinski definition) is 5. The topological polar surface area (TPSA) is 115 Å². The van der Waals surface area contributed by atoms with Crippen molar-refractivity contribution in [3.05, 3.63) is 60.2 Å². The van der Waals surface area contributed by atoms with Crippen LogP contribution >= 0.6 is 0 Å². The van der Waals surface area contributed by atoms with Crippen molar-refractivity contribution in [1.29, 1.82) is 0 Å². The summed E-state index contributed by atoms with van der Waals surface area (Å²) < 4.78 is 0. The fourth-order valence-electron chi connectivity index (χ4n) is 3.34. The van der Waals surface area contributed by atoms with E-state index in [4.69, 9.17) is 0 Å². The molecule has 0 aromatic carbocycles. The Morgan fingerprint density at radius 1 is 0.808 bits per heavy atom. The van der Waals surface area contributed by atoms with Crippen LogP contribution < -0.4 is 0 Å². The standard InChI is InChI=1S/C18H11N5O3/c24-17-13(11-7-21-15-9(11)3-1-5-19-15)14(18(25)23(17)26)12-8-22-16-10(12)4-2-6-20-16/h1-8,26H,(H,19,21)(H,20,22). The van der Waals surface area contributed by atoms with Crippen LogP contribution in [0.5, 0.6) is 0 Å². The Morgan fingerprint density at radius 2 is 1.27 bits per heavy atom. The maximum atomic E-state index is 12.6. The Hall–Kier alpha value is -3.78. The number of aromatic nitrogens is 4. The monoisotopic (exact) mass is 345 g/mol. The Balaban J connectivity index is 1.86. The van der Waals surface area contributed by atoms with Crippen LogP contribution in [0.25, 0.3) is 33.2 Å².